The maximum absolute atomic E-state index is 11.2. The van der Waals surface area contributed by atoms with Gasteiger partial charge in [0.2, 0.25) is 0 Å². The van der Waals surface area contributed by atoms with Gasteiger partial charge < -0.3 is 9.84 Å². The standard InChI is InChI=1S/C19H32O3S/c1-3-5-7-8-9-10-11-13-16(12-6-4-2)22-19-17(18(20)21)14-15-23-19/h14-16H,3-13H2,1-2H3,(H,20,21). The first-order valence-corrected chi connectivity index (χ1v) is 10.0. The Morgan fingerprint density at radius 3 is 2.30 bits per heavy atom. The minimum atomic E-state index is -0.897. The summed E-state index contributed by atoms with van der Waals surface area (Å²) in [5.41, 5.74) is 0.302. The third-order valence-corrected chi connectivity index (χ3v) is 4.95. The van der Waals surface area contributed by atoms with E-state index in [1.54, 1.807) is 11.4 Å². The molecule has 4 heteroatoms. The second kappa shape index (κ2) is 12.4. The van der Waals surface area contributed by atoms with Gasteiger partial charge in [-0.15, -0.1) is 11.3 Å². The summed E-state index contributed by atoms with van der Waals surface area (Å²) in [4.78, 5) is 11.2. The molecule has 0 spiro atoms. The fourth-order valence-electron chi connectivity index (χ4n) is 2.72. The molecule has 1 heterocycles. The Bertz CT molecular complexity index is 428. The first-order valence-electron chi connectivity index (χ1n) is 9.16. The fourth-order valence-corrected chi connectivity index (χ4v) is 3.52. The third kappa shape index (κ3) is 8.40. The summed E-state index contributed by atoms with van der Waals surface area (Å²) >= 11 is 1.39. The zero-order valence-electron chi connectivity index (χ0n) is 14.7. The van der Waals surface area contributed by atoms with E-state index in [2.05, 4.69) is 13.8 Å². The Morgan fingerprint density at radius 1 is 1.04 bits per heavy atom. The van der Waals surface area contributed by atoms with Crippen LogP contribution in [0.2, 0.25) is 0 Å². The Kier molecular flexibility index (Phi) is 10.8. The van der Waals surface area contributed by atoms with E-state index in [0.29, 0.717) is 10.6 Å². The molecule has 132 valence electrons. The lowest BCUT2D eigenvalue weighted by Crippen LogP contribution is -2.17. The summed E-state index contributed by atoms with van der Waals surface area (Å²) in [5, 5.41) is 11.6. The lowest BCUT2D eigenvalue weighted by Gasteiger charge is -2.18. The summed E-state index contributed by atoms with van der Waals surface area (Å²) in [6.07, 6.45) is 13.5. The average molecular weight is 341 g/mol. The predicted molar refractivity (Wildman–Crippen MR) is 97.8 cm³/mol. The van der Waals surface area contributed by atoms with Crippen molar-refractivity contribution in [1.82, 2.24) is 0 Å². The molecule has 0 aliphatic rings. The van der Waals surface area contributed by atoms with Gasteiger partial charge in [-0.05, 0) is 30.7 Å². The van der Waals surface area contributed by atoms with Gasteiger partial charge in [0.05, 0.1) is 6.10 Å². The van der Waals surface area contributed by atoms with Crippen molar-refractivity contribution in [3.05, 3.63) is 17.0 Å². The molecule has 1 rings (SSSR count). The molecule has 23 heavy (non-hydrogen) atoms. The quantitative estimate of drug-likeness (QED) is 0.392. The normalized spacial score (nSPS) is 12.3. The molecular weight excluding hydrogens is 308 g/mol. The van der Waals surface area contributed by atoms with Gasteiger partial charge in [-0.1, -0.05) is 65.2 Å². The molecule has 0 saturated carbocycles. The fraction of sp³-hybridized carbons (Fsp3) is 0.737. The van der Waals surface area contributed by atoms with Gasteiger partial charge in [-0.3, -0.25) is 0 Å². The van der Waals surface area contributed by atoms with E-state index in [-0.39, 0.29) is 6.10 Å². The number of carboxylic acids is 1. The number of carboxylic acid groups (broad SMARTS) is 1. The second-order valence-corrected chi connectivity index (χ2v) is 7.10. The predicted octanol–water partition coefficient (Wildman–Crippen LogP) is 6.52. The zero-order chi connectivity index (χ0) is 16.9. The van der Waals surface area contributed by atoms with E-state index >= 15 is 0 Å². The van der Waals surface area contributed by atoms with E-state index in [4.69, 9.17) is 4.74 Å². The van der Waals surface area contributed by atoms with Crippen LogP contribution in [0.4, 0.5) is 0 Å². The SMILES string of the molecule is CCCCCCCCCC(CCCC)Oc1sccc1C(=O)O. The Hall–Kier alpha value is -1.03. The van der Waals surface area contributed by atoms with Crippen LogP contribution in [-0.2, 0) is 0 Å². The maximum Gasteiger partial charge on any atom is 0.340 e. The number of rotatable bonds is 14. The number of carbonyl (C=O) groups is 1. The summed E-state index contributed by atoms with van der Waals surface area (Å²) in [6.45, 7) is 4.42. The molecule has 0 aliphatic heterocycles. The van der Waals surface area contributed by atoms with E-state index in [0.717, 1.165) is 25.7 Å². The molecule has 1 unspecified atom stereocenters. The number of thiophene rings is 1. The average Bonchev–Trinajstić information content (AvgIpc) is 2.99. The molecule has 1 aromatic heterocycles. The van der Waals surface area contributed by atoms with Gasteiger partial charge in [0.1, 0.15) is 5.56 Å². The summed E-state index contributed by atoms with van der Waals surface area (Å²) < 4.78 is 6.03. The molecule has 1 aromatic rings. The highest BCUT2D eigenvalue weighted by atomic mass is 32.1. The highest BCUT2D eigenvalue weighted by Crippen LogP contribution is 2.29. The molecule has 0 fully saturated rings. The molecule has 1 N–H and O–H groups in total. The Balaban J connectivity index is 2.37. The smallest absolute Gasteiger partial charge is 0.340 e. The van der Waals surface area contributed by atoms with Crippen LogP contribution in [0.25, 0.3) is 0 Å². The van der Waals surface area contributed by atoms with Crippen molar-refractivity contribution in [3.8, 4) is 5.06 Å². The number of aromatic carboxylic acids is 1. The van der Waals surface area contributed by atoms with Gasteiger partial charge in [-0.2, -0.15) is 0 Å². The van der Waals surface area contributed by atoms with Crippen LogP contribution in [0.1, 0.15) is 94.8 Å². The van der Waals surface area contributed by atoms with E-state index in [1.807, 2.05) is 0 Å². The highest BCUT2D eigenvalue weighted by Gasteiger charge is 2.17. The summed E-state index contributed by atoms with van der Waals surface area (Å²) in [5.74, 6) is -0.897. The molecular formula is C19H32O3S. The lowest BCUT2D eigenvalue weighted by atomic mass is 10.0. The summed E-state index contributed by atoms with van der Waals surface area (Å²) in [6, 6.07) is 1.63. The van der Waals surface area contributed by atoms with Crippen molar-refractivity contribution in [2.75, 3.05) is 0 Å². The first-order chi connectivity index (χ1) is 11.2. The maximum atomic E-state index is 11.2. The molecule has 1 atom stereocenters. The molecule has 3 nitrogen and oxygen atoms in total. The van der Waals surface area contributed by atoms with Crippen molar-refractivity contribution in [1.29, 1.82) is 0 Å². The van der Waals surface area contributed by atoms with Gasteiger partial charge >= 0.3 is 5.97 Å². The van der Waals surface area contributed by atoms with Crippen LogP contribution in [-0.4, -0.2) is 17.2 Å². The monoisotopic (exact) mass is 340 g/mol. The van der Waals surface area contributed by atoms with Crippen molar-refractivity contribution < 1.29 is 14.6 Å². The lowest BCUT2D eigenvalue weighted by molar-refractivity contribution is 0.0689. The molecule has 0 aromatic carbocycles. The molecule has 0 radical (unpaired) electrons. The third-order valence-electron chi connectivity index (χ3n) is 4.14. The van der Waals surface area contributed by atoms with E-state index < -0.39 is 5.97 Å². The van der Waals surface area contributed by atoms with Crippen molar-refractivity contribution in [3.63, 3.8) is 0 Å². The van der Waals surface area contributed by atoms with Crippen LogP contribution in [0.3, 0.4) is 0 Å². The summed E-state index contributed by atoms with van der Waals surface area (Å²) in [7, 11) is 0. The van der Waals surface area contributed by atoms with Gasteiger partial charge in [-0.25, -0.2) is 4.79 Å². The number of unbranched alkanes of at least 4 members (excludes halogenated alkanes) is 7. The topological polar surface area (TPSA) is 46.5 Å². The number of hydrogen-bond acceptors (Lipinski definition) is 3. The second-order valence-electron chi connectivity index (χ2n) is 6.22. The van der Waals surface area contributed by atoms with Crippen LogP contribution in [0.5, 0.6) is 5.06 Å². The van der Waals surface area contributed by atoms with Crippen molar-refractivity contribution >= 4 is 17.3 Å². The Labute approximate surface area is 145 Å². The first kappa shape index (κ1) is 20.0. The minimum Gasteiger partial charge on any atom is -0.480 e. The molecule has 0 amide bonds. The van der Waals surface area contributed by atoms with Gasteiger partial charge in [0.15, 0.2) is 5.06 Å². The van der Waals surface area contributed by atoms with Crippen molar-refractivity contribution in [2.24, 2.45) is 0 Å². The molecule has 0 bridgehead atoms. The Morgan fingerprint density at radius 2 is 1.65 bits per heavy atom. The number of ether oxygens (including phenoxy) is 1. The largest absolute Gasteiger partial charge is 0.480 e. The van der Waals surface area contributed by atoms with Gasteiger partial charge in [0, 0.05) is 0 Å². The van der Waals surface area contributed by atoms with Crippen LogP contribution in [0.15, 0.2) is 11.4 Å². The molecule has 0 saturated heterocycles. The van der Waals surface area contributed by atoms with Crippen LogP contribution in [0, 0.1) is 0 Å². The number of hydrogen-bond donors (Lipinski definition) is 1. The minimum absolute atomic E-state index is 0.155. The van der Waals surface area contributed by atoms with Crippen LogP contribution >= 0.6 is 11.3 Å². The zero-order valence-corrected chi connectivity index (χ0v) is 15.5. The van der Waals surface area contributed by atoms with E-state index in [9.17, 15) is 9.90 Å². The van der Waals surface area contributed by atoms with Crippen molar-refractivity contribution in [2.45, 2.75) is 90.6 Å². The van der Waals surface area contributed by atoms with E-state index in [1.165, 1.54) is 56.3 Å². The highest BCUT2D eigenvalue weighted by molar-refractivity contribution is 7.12. The van der Waals surface area contributed by atoms with Gasteiger partial charge in [0.25, 0.3) is 0 Å². The van der Waals surface area contributed by atoms with Crippen LogP contribution < -0.4 is 4.74 Å². The molecule has 0 aliphatic carbocycles.